The third-order valence-electron chi connectivity index (χ3n) is 2.88. The highest BCUT2D eigenvalue weighted by molar-refractivity contribution is 5.62. The van der Waals surface area contributed by atoms with Crippen LogP contribution in [0.3, 0.4) is 0 Å². The van der Waals surface area contributed by atoms with Crippen LogP contribution in [-0.2, 0) is 0 Å². The molecule has 0 amide bonds. The van der Waals surface area contributed by atoms with Gasteiger partial charge in [-0.25, -0.2) is 4.98 Å². The quantitative estimate of drug-likeness (QED) is 0.831. The van der Waals surface area contributed by atoms with Gasteiger partial charge in [0.25, 0.3) is 0 Å². The van der Waals surface area contributed by atoms with Crippen LogP contribution in [0.1, 0.15) is 26.1 Å². The molecule has 6 heteroatoms. The molecule has 2 aromatic rings. The van der Waals surface area contributed by atoms with E-state index >= 15 is 0 Å². The molecule has 2 heterocycles. The number of nitrogens with two attached hydrogens (primary N) is 1. The minimum Gasteiger partial charge on any atom is -0.363 e. The van der Waals surface area contributed by atoms with E-state index in [0.29, 0.717) is 12.5 Å². The van der Waals surface area contributed by atoms with Gasteiger partial charge in [0.2, 0.25) is 5.65 Å². The van der Waals surface area contributed by atoms with E-state index in [4.69, 9.17) is 5.73 Å². The van der Waals surface area contributed by atoms with E-state index in [2.05, 4.69) is 34.3 Å². The largest absolute Gasteiger partial charge is 0.363 e. The van der Waals surface area contributed by atoms with Crippen LogP contribution in [0.15, 0.2) is 12.4 Å². The zero-order valence-corrected chi connectivity index (χ0v) is 11.1. The van der Waals surface area contributed by atoms with Gasteiger partial charge in [0.15, 0.2) is 5.82 Å². The van der Waals surface area contributed by atoms with Crippen LogP contribution >= 0.6 is 0 Å². The fourth-order valence-corrected chi connectivity index (χ4v) is 2.02. The van der Waals surface area contributed by atoms with Crippen LogP contribution in [0.25, 0.3) is 5.65 Å². The third kappa shape index (κ3) is 2.59. The number of hydrogen-bond donors (Lipinski definition) is 2. The Morgan fingerprint density at radius 1 is 1.39 bits per heavy atom. The molecule has 0 aliphatic rings. The summed E-state index contributed by atoms with van der Waals surface area (Å²) in [5, 5.41) is 11.5. The molecular formula is C12H20N6. The van der Waals surface area contributed by atoms with Gasteiger partial charge in [-0.2, -0.15) is 0 Å². The number of hydrogen-bond acceptors (Lipinski definition) is 5. The lowest BCUT2D eigenvalue weighted by Gasteiger charge is -2.19. The molecule has 0 bridgehead atoms. The Labute approximate surface area is 107 Å². The molecule has 3 N–H and O–H groups in total. The topological polar surface area (TPSA) is 81.1 Å². The predicted molar refractivity (Wildman–Crippen MR) is 71.4 cm³/mol. The van der Waals surface area contributed by atoms with E-state index < -0.39 is 0 Å². The second kappa shape index (κ2) is 5.30. The Morgan fingerprint density at radius 2 is 2.17 bits per heavy atom. The average molecular weight is 248 g/mol. The summed E-state index contributed by atoms with van der Waals surface area (Å²) in [7, 11) is 0. The highest BCUT2D eigenvalue weighted by Gasteiger charge is 2.13. The van der Waals surface area contributed by atoms with Gasteiger partial charge in [-0.3, -0.25) is 4.40 Å². The Kier molecular flexibility index (Phi) is 3.76. The van der Waals surface area contributed by atoms with E-state index in [9.17, 15) is 0 Å². The zero-order chi connectivity index (χ0) is 13.1. The van der Waals surface area contributed by atoms with Gasteiger partial charge in [-0.05, 0) is 19.3 Å². The Morgan fingerprint density at radius 3 is 2.83 bits per heavy atom. The summed E-state index contributed by atoms with van der Waals surface area (Å²) < 4.78 is 1.91. The minimum absolute atomic E-state index is 0.209. The fourth-order valence-electron chi connectivity index (χ4n) is 2.02. The maximum Gasteiger partial charge on any atom is 0.203 e. The molecular weight excluding hydrogens is 228 g/mol. The monoisotopic (exact) mass is 248 g/mol. The van der Waals surface area contributed by atoms with Crippen LogP contribution in [0, 0.1) is 12.8 Å². The first-order valence-corrected chi connectivity index (χ1v) is 6.24. The van der Waals surface area contributed by atoms with Crippen LogP contribution in [0.5, 0.6) is 0 Å². The summed E-state index contributed by atoms with van der Waals surface area (Å²) >= 11 is 0. The Balaban J connectivity index is 2.25. The van der Waals surface area contributed by atoms with Crippen molar-refractivity contribution in [3.8, 4) is 0 Å². The second-order valence-corrected chi connectivity index (χ2v) is 4.92. The lowest BCUT2D eigenvalue weighted by atomic mass is 10.0. The molecule has 0 spiro atoms. The van der Waals surface area contributed by atoms with E-state index in [1.54, 1.807) is 6.20 Å². The van der Waals surface area contributed by atoms with E-state index in [1.165, 1.54) is 0 Å². The molecule has 1 unspecified atom stereocenters. The van der Waals surface area contributed by atoms with Crippen molar-refractivity contribution in [3.05, 3.63) is 18.2 Å². The summed E-state index contributed by atoms with van der Waals surface area (Å²) in [5.41, 5.74) is 6.53. The normalized spacial score (nSPS) is 13.2. The number of aryl methyl sites for hydroxylation is 1. The van der Waals surface area contributed by atoms with E-state index in [0.717, 1.165) is 23.7 Å². The van der Waals surface area contributed by atoms with Crippen LogP contribution in [0.2, 0.25) is 0 Å². The second-order valence-electron chi connectivity index (χ2n) is 4.92. The highest BCUT2D eigenvalue weighted by atomic mass is 15.3. The molecule has 0 fully saturated rings. The lowest BCUT2D eigenvalue weighted by Crippen LogP contribution is -2.30. The Bertz CT molecular complexity index is 518. The number of rotatable bonds is 5. The first-order valence-electron chi connectivity index (χ1n) is 6.24. The van der Waals surface area contributed by atoms with Crippen molar-refractivity contribution in [1.82, 2.24) is 19.6 Å². The molecule has 0 saturated heterocycles. The van der Waals surface area contributed by atoms with Gasteiger partial charge in [0.05, 0.1) is 0 Å². The maximum absolute atomic E-state index is 5.79. The van der Waals surface area contributed by atoms with Gasteiger partial charge >= 0.3 is 0 Å². The van der Waals surface area contributed by atoms with Crippen LogP contribution < -0.4 is 11.1 Å². The molecule has 0 radical (unpaired) electrons. The molecule has 0 saturated carbocycles. The van der Waals surface area contributed by atoms with Crippen molar-refractivity contribution in [3.63, 3.8) is 0 Å². The van der Waals surface area contributed by atoms with Crippen molar-refractivity contribution in [1.29, 1.82) is 0 Å². The standard InChI is InChI=1S/C12H20N6/c1-8(2)6-10(7-13)15-11-12-17-16-9(3)18(12)5-4-14-11/h4-5,8,10H,6-7,13H2,1-3H3,(H,14,15). The van der Waals surface area contributed by atoms with Gasteiger partial charge in [0.1, 0.15) is 5.82 Å². The molecule has 0 aromatic carbocycles. The minimum atomic E-state index is 0.209. The molecule has 6 nitrogen and oxygen atoms in total. The van der Waals surface area contributed by atoms with E-state index in [-0.39, 0.29) is 6.04 Å². The zero-order valence-electron chi connectivity index (χ0n) is 11.1. The van der Waals surface area contributed by atoms with Crippen molar-refractivity contribution in [2.45, 2.75) is 33.2 Å². The molecule has 2 rings (SSSR count). The van der Waals surface area contributed by atoms with Crippen LogP contribution in [0.4, 0.5) is 5.82 Å². The van der Waals surface area contributed by atoms with Crippen LogP contribution in [-0.4, -0.2) is 32.2 Å². The Hall–Kier alpha value is -1.69. The lowest BCUT2D eigenvalue weighted by molar-refractivity contribution is 0.521. The number of aromatic nitrogens is 4. The molecule has 2 aromatic heterocycles. The smallest absolute Gasteiger partial charge is 0.203 e. The van der Waals surface area contributed by atoms with Gasteiger partial charge < -0.3 is 11.1 Å². The average Bonchev–Trinajstić information content (AvgIpc) is 2.71. The predicted octanol–water partition coefficient (Wildman–Crippen LogP) is 1.22. The first-order chi connectivity index (χ1) is 8.61. The highest BCUT2D eigenvalue weighted by Crippen LogP contribution is 2.15. The van der Waals surface area contributed by atoms with Gasteiger partial charge in [-0.15, -0.1) is 10.2 Å². The number of nitrogens with one attached hydrogen (secondary N) is 1. The summed E-state index contributed by atoms with van der Waals surface area (Å²) in [6.07, 6.45) is 4.61. The fraction of sp³-hybridized carbons (Fsp3) is 0.583. The first kappa shape index (κ1) is 12.8. The molecule has 98 valence electrons. The number of nitrogens with zero attached hydrogens (tertiary/aromatic N) is 4. The van der Waals surface area contributed by atoms with E-state index in [1.807, 2.05) is 17.5 Å². The molecule has 18 heavy (non-hydrogen) atoms. The van der Waals surface area contributed by atoms with Crippen molar-refractivity contribution in [2.75, 3.05) is 11.9 Å². The summed E-state index contributed by atoms with van der Waals surface area (Å²) in [4.78, 5) is 4.33. The molecule has 1 atom stereocenters. The summed E-state index contributed by atoms with van der Waals surface area (Å²) in [6.45, 7) is 6.85. The van der Waals surface area contributed by atoms with Gasteiger partial charge in [0, 0.05) is 25.0 Å². The maximum atomic E-state index is 5.79. The summed E-state index contributed by atoms with van der Waals surface area (Å²) in [6, 6.07) is 0.209. The number of fused-ring (bicyclic) bond motifs is 1. The van der Waals surface area contributed by atoms with Crippen molar-refractivity contribution >= 4 is 11.5 Å². The molecule has 0 aliphatic carbocycles. The van der Waals surface area contributed by atoms with Crippen molar-refractivity contribution < 1.29 is 0 Å². The third-order valence-corrected chi connectivity index (χ3v) is 2.88. The summed E-state index contributed by atoms with van der Waals surface area (Å²) in [5.74, 6) is 2.18. The van der Waals surface area contributed by atoms with Gasteiger partial charge in [-0.1, -0.05) is 13.8 Å². The van der Waals surface area contributed by atoms with Crippen molar-refractivity contribution in [2.24, 2.45) is 11.7 Å². The SMILES string of the molecule is Cc1nnc2c(NC(CN)CC(C)C)nccn12. The molecule has 0 aliphatic heterocycles. The number of anilines is 1.